The minimum absolute atomic E-state index is 0.0609. The van der Waals surface area contributed by atoms with Crippen LogP contribution in [-0.4, -0.2) is 51.4 Å². The lowest BCUT2D eigenvalue weighted by molar-refractivity contribution is -0.508. The van der Waals surface area contributed by atoms with Crippen molar-refractivity contribution in [3.8, 4) is 0 Å². The van der Waals surface area contributed by atoms with Crippen molar-refractivity contribution < 1.29 is 24.2 Å². The van der Waals surface area contributed by atoms with Crippen molar-refractivity contribution in [2.45, 2.75) is 44.5 Å². The van der Waals surface area contributed by atoms with E-state index in [2.05, 4.69) is 11.5 Å². The molecule has 0 spiro atoms. The third-order valence-corrected chi connectivity index (χ3v) is 8.23. The van der Waals surface area contributed by atoms with Crippen LogP contribution in [0, 0.1) is 17.8 Å². The number of rotatable bonds is 7. The molecule has 0 saturated carbocycles. The number of amides is 1. The summed E-state index contributed by atoms with van der Waals surface area (Å²) in [4.78, 5) is 27.7. The highest BCUT2D eigenvalue weighted by atomic mass is 32.2. The molecule has 30 heavy (non-hydrogen) atoms. The molecule has 8 nitrogen and oxygen atoms in total. The zero-order valence-corrected chi connectivity index (χ0v) is 19.0. The topological polar surface area (TPSA) is 116 Å². The van der Waals surface area contributed by atoms with Gasteiger partial charge in [-0.15, -0.1) is 0 Å². The quantitative estimate of drug-likeness (QED) is 0.346. The van der Waals surface area contributed by atoms with E-state index in [-0.39, 0.29) is 23.6 Å². The molecule has 0 unspecified atom stereocenters. The Bertz CT molecular complexity index is 1060. The molecule has 2 aromatic rings. The van der Waals surface area contributed by atoms with Gasteiger partial charge >= 0.3 is 0 Å². The molecule has 3 N–H and O–H groups in total. The fourth-order valence-corrected chi connectivity index (χ4v) is 6.87. The van der Waals surface area contributed by atoms with E-state index < -0.39 is 18.0 Å². The maximum absolute atomic E-state index is 12.5. The number of β-lactam (4-membered cyclic amide) rings is 1. The number of imidazole rings is 1. The summed E-state index contributed by atoms with van der Waals surface area (Å²) in [5.74, 6) is -2.16. The molecule has 1 fully saturated rings. The molecule has 2 aromatic heterocycles. The summed E-state index contributed by atoms with van der Waals surface area (Å²) in [6.45, 7) is 7.00. The predicted octanol–water partition coefficient (Wildman–Crippen LogP) is -0.0765. The lowest BCUT2D eigenvalue weighted by atomic mass is 9.77. The molecular formula is C20H26N4O4S2. The van der Waals surface area contributed by atoms with Gasteiger partial charge in [0.1, 0.15) is 6.20 Å². The highest BCUT2D eigenvalue weighted by molar-refractivity contribution is 7.98. The Hall–Kier alpha value is -1.88. The van der Waals surface area contributed by atoms with Crippen LogP contribution in [-0.2, 0) is 16.1 Å². The Kier molecular flexibility index (Phi) is 5.46. The molecule has 0 aliphatic carbocycles. The van der Waals surface area contributed by atoms with Crippen LogP contribution in [0.5, 0.6) is 0 Å². The van der Waals surface area contributed by atoms with Crippen LogP contribution in [0.4, 0.5) is 0 Å². The summed E-state index contributed by atoms with van der Waals surface area (Å²) in [5.41, 5.74) is 6.33. The largest absolute Gasteiger partial charge is 0.543 e. The number of hydrogen-bond acceptors (Lipinski definition) is 7. The number of nitrogens with two attached hydrogens (primary N) is 1. The Morgan fingerprint density at radius 3 is 2.73 bits per heavy atom. The highest BCUT2D eigenvalue weighted by Gasteiger charge is 2.59. The van der Waals surface area contributed by atoms with E-state index >= 15 is 0 Å². The Morgan fingerprint density at radius 2 is 2.17 bits per heavy atom. The number of carboxylic acids is 1. The fraction of sp³-hybridized carbons (Fsp3) is 0.550. The first kappa shape index (κ1) is 21.4. The Morgan fingerprint density at radius 1 is 1.47 bits per heavy atom. The maximum atomic E-state index is 12.5. The first-order valence-corrected chi connectivity index (χ1v) is 12.0. The molecule has 2 aliphatic heterocycles. The number of thiazole rings is 1. The monoisotopic (exact) mass is 450 g/mol. The zero-order valence-electron chi connectivity index (χ0n) is 17.4. The van der Waals surface area contributed by atoms with Gasteiger partial charge in [0.25, 0.3) is 6.33 Å². The molecule has 2 aliphatic rings. The van der Waals surface area contributed by atoms with Gasteiger partial charge in [-0.1, -0.05) is 36.9 Å². The second-order valence-electron chi connectivity index (χ2n) is 8.23. The van der Waals surface area contributed by atoms with E-state index in [9.17, 15) is 19.8 Å². The van der Waals surface area contributed by atoms with Gasteiger partial charge in [0.15, 0.2) is 0 Å². The van der Waals surface area contributed by atoms with Crippen LogP contribution < -0.4 is 15.2 Å². The summed E-state index contributed by atoms with van der Waals surface area (Å²) < 4.78 is 4.18. The summed E-state index contributed by atoms with van der Waals surface area (Å²) >= 11 is 3.14. The smallest absolute Gasteiger partial charge is 0.250 e. The number of thioether (sulfide) groups is 1. The Balaban J connectivity index is 1.79. The second kappa shape index (κ2) is 7.67. The number of aromatic nitrogens is 2. The Labute approximate surface area is 183 Å². The van der Waals surface area contributed by atoms with E-state index in [4.69, 9.17) is 5.73 Å². The highest BCUT2D eigenvalue weighted by Crippen LogP contribution is 2.51. The van der Waals surface area contributed by atoms with Crippen molar-refractivity contribution in [2.75, 3.05) is 12.8 Å². The lowest BCUT2D eigenvalue weighted by Gasteiger charge is -2.47. The first-order valence-electron chi connectivity index (χ1n) is 9.96. The standard InChI is InChI=1S/C20H26N4O4S2/c1-9(5-21)6-22-8-23-7-12(30-19(23)18(22)29-4)13-10(2)15-14(11(3)25)17(26)24(15)16(13)20(27)28/h7-11,14-15,25H,5-6,21H2,1-4H3/t9-,10+,11-,14-,15-/m1/s1. The maximum Gasteiger partial charge on any atom is 0.250 e. The van der Waals surface area contributed by atoms with Crippen LogP contribution in [0.25, 0.3) is 10.4 Å². The lowest BCUT2D eigenvalue weighted by Crippen LogP contribution is -2.64. The van der Waals surface area contributed by atoms with Gasteiger partial charge in [-0.3, -0.25) is 4.79 Å². The van der Waals surface area contributed by atoms with Gasteiger partial charge in [-0.05, 0) is 19.7 Å². The van der Waals surface area contributed by atoms with Crippen molar-refractivity contribution in [3.05, 3.63) is 23.1 Å². The second-order valence-corrected chi connectivity index (χ2v) is 10.1. The van der Waals surface area contributed by atoms with Crippen molar-refractivity contribution in [3.63, 3.8) is 0 Å². The molecule has 5 atom stereocenters. The van der Waals surface area contributed by atoms with Crippen molar-refractivity contribution in [1.82, 2.24) is 9.47 Å². The number of aliphatic hydroxyl groups excluding tert-OH is 1. The fourth-order valence-electron chi connectivity index (χ4n) is 4.69. The molecule has 4 heterocycles. The minimum atomic E-state index is -1.35. The molecule has 0 bridgehead atoms. The molecule has 1 saturated heterocycles. The van der Waals surface area contributed by atoms with Gasteiger partial charge < -0.3 is 25.6 Å². The van der Waals surface area contributed by atoms with Gasteiger partial charge in [-0.2, -0.15) is 4.40 Å². The van der Waals surface area contributed by atoms with Gasteiger partial charge in [0.05, 0.1) is 41.2 Å². The van der Waals surface area contributed by atoms with E-state index in [0.717, 1.165) is 21.3 Å². The number of carbonyl (C=O) groups excluding carboxylic acids is 2. The third-order valence-electron chi connectivity index (χ3n) is 6.14. The van der Waals surface area contributed by atoms with Crippen LogP contribution in [0.2, 0.25) is 0 Å². The van der Waals surface area contributed by atoms with Crippen molar-refractivity contribution >= 4 is 45.4 Å². The van der Waals surface area contributed by atoms with Gasteiger partial charge in [-0.25, -0.2) is 4.57 Å². The molecule has 10 heteroatoms. The van der Waals surface area contributed by atoms with Crippen LogP contribution >= 0.6 is 23.1 Å². The third kappa shape index (κ3) is 3.00. The van der Waals surface area contributed by atoms with Crippen LogP contribution in [0.3, 0.4) is 0 Å². The number of carbonyl (C=O) groups is 2. The number of fused-ring (bicyclic) bond motifs is 2. The molecule has 1 amide bonds. The van der Waals surface area contributed by atoms with E-state index in [1.54, 1.807) is 18.7 Å². The SMILES string of the molecule is CSc1c2sc(C3=C(C(=O)[O-])N4C(=O)[C@H]([C@@H](C)O)[C@H]4[C@H]3C)c[n+]2cn1C[C@H](C)CN. The van der Waals surface area contributed by atoms with E-state index in [1.807, 2.05) is 30.1 Å². The summed E-state index contributed by atoms with van der Waals surface area (Å²) in [7, 11) is 0. The van der Waals surface area contributed by atoms with Crippen molar-refractivity contribution in [1.29, 1.82) is 0 Å². The van der Waals surface area contributed by atoms with Crippen molar-refractivity contribution in [2.24, 2.45) is 23.5 Å². The first-order chi connectivity index (χ1) is 14.2. The molecule has 4 rings (SSSR count). The summed E-state index contributed by atoms with van der Waals surface area (Å²) in [6.07, 6.45) is 5.12. The summed E-state index contributed by atoms with van der Waals surface area (Å²) in [5, 5.41) is 23.1. The number of nitrogens with zero attached hydrogens (tertiary/aromatic N) is 3. The molecule has 0 aromatic carbocycles. The molecular weight excluding hydrogens is 424 g/mol. The average molecular weight is 451 g/mol. The van der Waals surface area contributed by atoms with E-state index in [0.29, 0.717) is 18.0 Å². The van der Waals surface area contributed by atoms with Crippen LogP contribution in [0.15, 0.2) is 23.2 Å². The zero-order chi connectivity index (χ0) is 21.9. The average Bonchev–Trinajstić information content (AvgIpc) is 3.28. The van der Waals surface area contributed by atoms with Gasteiger partial charge in [0, 0.05) is 17.4 Å². The number of aliphatic hydroxyl groups is 1. The number of carboxylic acid groups (broad SMARTS) is 1. The summed E-state index contributed by atoms with van der Waals surface area (Å²) in [6, 6.07) is -0.350. The molecule has 0 radical (unpaired) electrons. The predicted molar refractivity (Wildman–Crippen MR) is 112 cm³/mol. The molecule has 162 valence electrons. The van der Waals surface area contributed by atoms with Gasteiger partial charge in [0.2, 0.25) is 15.8 Å². The number of aliphatic carboxylic acids is 1. The number of hydrogen-bond donors (Lipinski definition) is 2. The normalized spacial score (nSPS) is 25.6. The van der Waals surface area contributed by atoms with E-state index in [1.165, 1.54) is 16.2 Å². The van der Waals surface area contributed by atoms with Crippen LogP contribution in [0.1, 0.15) is 25.6 Å². The minimum Gasteiger partial charge on any atom is -0.543 e.